The third kappa shape index (κ3) is 1.87. The van der Waals surface area contributed by atoms with E-state index in [4.69, 9.17) is 0 Å². The van der Waals surface area contributed by atoms with Crippen molar-refractivity contribution in [2.24, 2.45) is 0 Å². The van der Waals surface area contributed by atoms with E-state index >= 15 is 0 Å². The minimum atomic E-state index is -1.21. The van der Waals surface area contributed by atoms with Gasteiger partial charge in [0, 0.05) is 0 Å². The van der Waals surface area contributed by atoms with Gasteiger partial charge in [0.15, 0.2) is 12.4 Å². The Hall–Kier alpha value is -0.690. The van der Waals surface area contributed by atoms with Crippen LogP contribution in [-0.4, -0.2) is 10.5 Å². The molecule has 0 aromatic carbocycles. The van der Waals surface area contributed by atoms with Crippen LogP contribution >= 0.6 is 7.95 Å². The lowest BCUT2D eigenvalue weighted by Gasteiger charge is -1.80. The third-order valence-electron chi connectivity index (χ3n) is 1.57. The number of hydrogen-bond donors (Lipinski definition) is 0. The Bertz CT molecular complexity index is 257. The van der Waals surface area contributed by atoms with Crippen LogP contribution in [0.4, 0.5) is 0 Å². The molecule has 0 N–H and O–H groups in total. The van der Waals surface area contributed by atoms with Crippen molar-refractivity contribution in [2.75, 3.05) is 6.16 Å². The molecule has 0 saturated carbocycles. The molecule has 0 amide bonds. The summed E-state index contributed by atoms with van der Waals surface area (Å²) in [5.41, 5.74) is 0. The van der Waals surface area contributed by atoms with Gasteiger partial charge >= 0.3 is 7.95 Å². The summed E-state index contributed by atoms with van der Waals surface area (Å²) in [5.74, 6) is 0. The van der Waals surface area contributed by atoms with Crippen LogP contribution in [0, 0.1) is 0 Å². The van der Waals surface area contributed by atoms with Gasteiger partial charge in [-0.25, -0.2) is 4.57 Å². The molecule has 0 fully saturated rings. The molecule has 1 rings (SSSR count). The molecule has 60 valence electrons. The summed E-state index contributed by atoms with van der Waals surface area (Å²) in [6, 6.07) is 0. The molecule has 0 aliphatic carbocycles. The Morgan fingerprint density at radius 1 is 1.55 bits per heavy atom. The highest BCUT2D eigenvalue weighted by Gasteiger charge is 2.21. The number of nitrogens with zero attached hydrogens (tertiary/aromatic N) is 2. The average Bonchev–Trinajstić information content (AvgIpc) is 2.50. The second-order valence-corrected chi connectivity index (χ2v) is 4.09. The van der Waals surface area contributed by atoms with Gasteiger partial charge in [0.05, 0.1) is 6.54 Å². The molecule has 1 aromatic rings. The van der Waals surface area contributed by atoms with E-state index in [1.165, 1.54) is 0 Å². The lowest BCUT2D eigenvalue weighted by Crippen LogP contribution is -2.28. The minimum absolute atomic E-state index is 0.702. The first-order chi connectivity index (χ1) is 5.27. The summed E-state index contributed by atoms with van der Waals surface area (Å²) in [6.07, 6.45) is 6.37. The summed E-state index contributed by atoms with van der Waals surface area (Å²) in [6.45, 7) is 4.91. The van der Waals surface area contributed by atoms with Crippen molar-refractivity contribution in [1.82, 2.24) is 4.34 Å². The number of rotatable bonds is 3. The van der Waals surface area contributed by atoms with Gasteiger partial charge in [-0.15, -0.1) is 0 Å². The smallest absolute Gasteiger partial charge is 0.234 e. The van der Waals surface area contributed by atoms with Crippen molar-refractivity contribution in [2.45, 2.75) is 20.4 Å². The van der Waals surface area contributed by atoms with Crippen LogP contribution in [0.1, 0.15) is 13.8 Å². The zero-order valence-electron chi connectivity index (χ0n) is 6.90. The molecule has 11 heavy (non-hydrogen) atoms. The molecule has 0 saturated heterocycles. The average molecular weight is 172 g/mol. The van der Waals surface area contributed by atoms with Crippen LogP contribution in [0.3, 0.4) is 0 Å². The summed E-state index contributed by atoms with van der Waals surface area (Å²) in [7, 11) is -1.21. The fourth-order valence-electron chi connectivity index (χ4n) is 0.865. The molecule has 0 spiro atoms. The Balaban J connectivity index is 2.80. The largest absolute Gasteiger partial charge is 0.543 e. The van der Waals surface area contributed by atoms with Gasteiger partial charge in [0.2, 0.25) is 0 Å². The van der Waals surface area contributed by atoms with Gasteiger partial charge in [0.1, 0.15) is 6.20 Å². The van der Waals surface area contributed by atoms with Gasteiger partial charge in [0.25, 0.3) is 6.33 Å². The van der Waals surface area contributed by atoms with Crippen molar-refractivity contribution < 1.29 is 9.13 Å². The molecular formula is C7H13N2OP+2. The fourth-order valence-corrected chi connectivity index (χ4v) is 1.65. The maximum absolute atomic E-state index is 11.2. The first kappa shape index (κ1) is 8.41. The van der Waals surface area contributed by atoms with E-state index < -0.39 is 7.95 Å². The van der Waals surface area contributed by atoms with E-state index in [1.807, 2.05) is 30.2 Å². The number of aromatic nitrogens is 2. The topological polar surface area (TPSA) is 25.9 Å². The molecule has 0 aliphatic heterocycles. The summed E-state index contributed by atoms with van der Waals surface area (Å²) < 4.78 is 15.0. The lowest BCUT2D eigenvalue weighted by molar-refractivity contribution is -0.692. The molecular weight excluding hydrogens is 159 g/mol. The molecule has 1 unspecified atom stereocenters. The van der Waals surface area contributed by atoms with Crippen LogP contribution in [0.25, 0.3) is 0 Å². The van der Waals surface area contributed by atoms with Crippen molar-refractivity contribution >= 4 is 7.95 Å². The van der Waals surface area contributed by atoms with E-state index in [9.17, 15) is 4.57 Å². The number of imidazole rings is 1. The van der Waals surface area contributed by atoms with Gasteiger partial charge in [-0.2, -0.15) is 0 Å². The first-order valence-corrected chi connectivity index (χ1v) is 5.19. The van der Waals surface area contributed by atoms with Crippen molar-refractivity contribution in [3.63, 3.8) is 0 Å². The SMILES string of the molecule is CC[n+]1ccn([P+](=O)CC)c1. The van der Waals surface area contributed by atoms with Crippen molar-refractivity contribution in [3.05, 3.63) is 18.7 Å². The summed E-state index contributed by atoms with van der Waals surface area (Å²) in [4.78, 5) is 0. The Kier molecular flexibility index (Phi) is 2.77. The maximum Gasteiger partial charge on any atom is 0.543 e. The summed E-state index contributed by atoms with van der Waals surface area (Å²) in [5, 5.41) is 0. The molecule has 1 atom stereocenters. The number of hydrogen-bond acceptors (Lipinski definition) is 1. The van der Waals surface area contributed by atoms with Crippen LogP contribution in [-0.2, 0) is 11.1 Å². The quantitative estimate of drug-likeness (QED) is 0.500. The highest BCUT2D eigenvalue weighted by molar-refractivity contribution is 7.42. The Morgan fingerprint density at radius 2 is 2.27 bits per heavy atom. The second kappa shape index (κ2) is 3.63. The molecule has 4 heteroatoms. The van der Waals surface area contributed by atoms with Crippen molar-refractivity contribution in [3.8, 4) is 0 Å². The molecule has 3 nitrogen and oxygen atoms in total. The lowest BCUT2D eigenvalue weighted by atomic mass is 10.7. The molecule has 0 aliphatic rings. The Morgan fingerprint density at radius 3 is 2.73 bits per heavy atom. The summed E-state index contributed by atoms with van der Waals surface area (Å²) >= 11 is 0. The number of aryl methyl sites for hydroxylation is 1. The van der Waals surface area contributed by atoms with E-state index in [0.717, 1.165) is 6.54 Å². The first-order valence-electron chi connectivity index (χ1n) is 3.80. The predicted molar refractivity (Wildman–Crippen MR) is 43.8 cm³/mol. The van der Waals surface area contributed by atoms with Gasteiger partial charge in [-0.1, -0.05) is 0 Å². The normalized spacial score (nSPS) is 11.6. The standard InChI is InChI=1S/C7H13N2OP/c1-3-8-5-6-9(7-8)11(10)4-2/h5-7H,3-4H2,1-2H3/q+2. The zero-order valence-corrected chi connectivity index (χ0v) is 7.79. The van der Waals surface area contributed by atoms with E-state index in [1.54, 1.807) is 4.34 Å². The molecule has 1 aromatic heterocycles. The maximum atomic E-state index is 11.2. The van der Waals surface area contributed by atoms with Crippen molar-refractivity contribution in [1.29, 1.82) is 0 Å². The van der Waals surface area contributed by atoms with Gasteiger partial charge in [-0.3, -0.25) is 0 Å². The van der Waals surface area contributed by atoms with E-state index in [-0.39, 0.29) is 0 Å². The highest BCUT2D eigenvalue weighted by Crippen LogP contribution is 2.20. The predicted octanol–water partition coefficient (Wildman–Crippen LogP) is 1.41. The van der Waals surface area contributed by atoms with Gasteiger partial charge < -0.3 is 0 Å². The molecule has 1 heterocycles. The van der Waals surface area contributed by atoms with E-state index in [2.05, 4.69) is 6.92 Å². The van der Waals surface area contributed by atoms with Crippen LogP contribution in [0.5, 0.6) is 0 Å². The van der Waals surface area contributed by atoms with E-state index in [0.29, 0.717) is 6.16 Å². The minimum Gasteiger partial charge on any atom is -0.234 e. The molecule has 0 radical (unpaired) electrons. The monoisotopic (exact) mass is 172 g/mol. The van der Waals surface area contributed by atoms with Crippen LogP contribution in [0.15, 0.2) is 18.7 Å². The fraction of sp³-hybridized carbons (Fsp3) is 0.571. The zero-order chi connectivity index (χ0) is 8.27. The Labute approximate surface area is 67.5 Å². The van der Waals surface area contributed by atoms with Crippen LogP contribution < -0.4 is 4.57 Å². The third-order valence-corrected chi connectivity index (χ3v) is 2.86. The molecule has 0 bridgehead atoms. The second-order valence-electron chi connectivity index (χ2n) is 2.29. The highest BCUT2D eigenvalue weighted by atomic mass is 31.1. The van der Waals surface area contributed by atoms with Crippen LogP contribution in [0.2, 0.25) is 0 Å². The van der Waals surface area contributed by atoms with Gasteiger partial charge in [-0.05, 0) is 22.8 Å².